The summed E-state index contributed by atoms with van der Waals surface area (Å²) in [5, 5.41) is 18.6. The topological polar surface area (TPSA) is 87.1 Å². The number of β-amino-alcohol motifs (C(OH)–C–C–N with tert-alkyl or cyclic N) is 1. The number of likely N-dealkylation sites (tertiary alicyclic amines) is 1. The summed E-state index contributed by atoms with van der Waals surface area (Å²) in [6, 6.07) is 6.52. The number of carboxylic acids is 1. The fourth-order valence-corrected chi connectivity index (χ4v) is 2.36. The minimum Gasteiger partial charge on any atom is -0.493 e. The van der Waals surface area contributed by atoms with Gasteiger partial charge in [-0.2, -0.15) is 0 Å². The molecule has 114 valence electrons. The lowest BCUT2D eigenvalue weighted by molar-refractivity contribution is -0.148. The molecule has 2 atom stereocenters. The molecule has 0 radical (unpaired) electrons. The molecular formula is C15H19NO5. The van der Waals surface area contributed by atoms with Gasteiger partial charge in [-0.05, 0) is 19.1 Å². The van der Waals surface area contributed by atoms with Crippen molar-refractivity contribution in [2.24, 2.45) is 0 Å². The van der Waals surface area contributed by atoms with E-state index in [9.17, 15) is 14.7 Å². The zero-order chi connectivity index (χ0) is 15.4. The number of nitrogens with zero attached hydrogens (tertiary/aromatic N) is 1. The van der Waals surface area contributed by atoms with Crippen LogP contribution in [-0.4, -0.2) is 52.3 Å². The largest absolute Gasteiger partial charge is 0.493 e. The highest BCUT2D eigenvalue weighted by atomic mass is 16.5. The number of hydrogen-bond acceptors (Lipinski definition) is 4. The number of amides is 1. The Morgan fingerprint density at radius 3 is 2.62 bits per heavy atom. The summed E-state index contributed by atoms with van der Waals surface area (Å²) < 4.78 is 5.46. The first-order chi connectivity index (χ1) is 9.97. The summed E-state index contributed by atoms with van der Waals surface area (Å²) >= 11 is 0. The van der Waals surface area contributed by atoms with Crippen molar-refractivity contribution in [3.63, 3.8) is 0 Å². The predicted octanol–water partition coefficient (Wildman–Crippen LogP) is 0.810. The van der Waals surface area contributed by atoms with Crippen molar-refractivity contribution in [1.82, 2.24) is 4.90 Å². The molecule has 6 nitrogen and oxygen atoms in total. The molecule has 2 N–H and O–H groups in total. The lowest BCUT2D eigenvalue weighted by Crippen LogP contribution is -2.41. The number of hydrogen-bond donors (Lipinski definition) is 2. The molecule has 1 aliphatic rings. The molecule has 0 spiro atoms. The van der Waals surface area contributed by atoms with Crippen molar-refractivity contribution >= 4 is 11.9 Å². The van der Waals surface area contributed by atoms with E-state index in [0.29, 0.717) is 5.75 Å². The van der Waals surface area contributed by atoms with Gasteiger partial charge in [-0.1, -0.05) is 17.7 Å². The third-order valence-electron chi connectivity index (χ3n) is 3.49. The Hall–Kier alpha value is -2.08. The van der Waals surface area contributed by atoms with E-state index in [1.165, 1.54) is 4.90 Å². The molecule has 1 amide bonds. The van der Waals surface area contributed by atoms with Crippen molar-refractivity contribution in [2.75, 3.05) is 13.2 Å². The second kappa shape index (κ2) is 6.58. The van der Waals surface area contributed by atoms with E-state index in [4.69, 9.17) is 9.84 Å². The van der Waals surface area contributed by atoms with Crippen LogP contribution in [0.1, 0.15) is 18.4 Å². The quantitative estimate of drug-likeness (QED) is 0.839. The zero-order valence-corrected chi connectivity index (χ0v) is 11.9. The third-order valence-corrected chi connectivity index (χ3v) is 3.49. The average Bonchev–Trinajstić information content (AvgIpc) is 2.83. The molecule has 2 rings (SSSR count). The monoisotopic (exact) mass is 293 g/mol. The molecular weight excluding hydrogens is 274 g/mol. The summed E-state index contributed by atoms with van der Waals surface area (Å²) in [5.74, 6) is -0.727. The number of aryl methyl sites for hydroxylation is 1. The van der Waals surface area contributed by atoms with Gasteiger partial charge in [-0.15, -0.1) is 0 Å². The molecule has 0 saturated carbocycles. The fourth-order valence-electron chi connectivity index (χ4n) is 2.36. The second-order valence-electron chi connectivity index (χ2n) is 5.20. The van der Waals surface area contributed by atoms with Crippen LogP contribution in [-0.2, 0) is 9.59 Å². The number of rotatable bonds is 5. The van der Waals surface area contributed by atoms with Crippen molar-refractivity contribution in [3.05, 3.63) is 29.8 Å². The molecule has 21 heavy (non-hydrogen) atoms. The van der Waals surface area contributed by atoms with Crippen LogP contribution in [0, 0.1) is 6.92 Å². The zero-order valence-electron chi connectivity index (χ0n) is 11.9. The van der Waals surface area contributed by atoms with Crippen molar-refractivity contribution in [3.8, 4) is 5.75 Å². The van der Waals surface area contributed by atoms with Crippen LogP contribution in [0.15, 0.2) is 24.3 Å². The molecule has 0 bridgehead atoms. The summed E-state index contributed by atoms with van der Waals surface area (Å²) in [7, 11) is 0. The highest BCUT2D eigenvalue weighted by molar-refractivity contribution is 5.84. The Balaban J connectivity index is 1.84. The number of aliphatic carboxylic acids is 1. The maximum Gasteiger partial charge on any atom is 0.326 e. The smallest absolute Gasteiger partial charge is 0.326 e. The summed E-state index contributed by atoms with van der Waals surface area (Å²) in [6.07, 6.45) is -0.599. The van der Waals surface area contributed by atoms with Crippen molar-refractivity contribution < 1.29 is 24.5 Å². The predicted molar refractivity (Wildman–Crippen MR) is 75.1 cm³/mol. The molecule has 1 fully saturated rings. The van der Waals surface area contributed by atoms with Gasteiger partial charge >= 0.3 is 5.97 Å². The minimum absolute atomic E-state index is 0.0698. The van der Waals surface area contributed by atoms with Gasteiger partial charge in [0.05, 0.1) is 19.1 Å². The molecule has 1 aromatic rings. The molecule has 1 heterocycles. The van der Waals surface area contributed by atoms with E-state index >= 15 is 0 Å². The molecule has 1 aliphatic heterocycles. The molecule has 6 heteroatoms. The summed E-state index contributed by atoms with van der Waals surface area (Å²) in [4.78, 5) is 24.3. The van der Waals surface area contributed by atoms with E-state index < -0.39 is 18.1 Å². The number of benzene rings is 1. The van der Waals surface area contributed by atoms with Crippen LogP contribution in [0.2, 0.25) is 0 Å². The minimum atomic E-state index is -1.08. The number of carbonyl (C=O) groups excluding carboxylic acids is 1. The maximum absolute atomic E-state index is 12.0. The van der Waals surface area contributed by atoms with E-state index in [2.05, 4.69) is 0 Å². The Labute approximate surface area is 122 Å². The number of aliphatic hydroxyl groups is 1. The number of aliphatic hydroxyl groups excluding tert-OH is 1. The van der Waals surface area contributed by atoms with Crippen LogP contribution >= 0.6 is 0 Å². The van der Waals surface area contributed by atoms with Crippen LogP contribution in [0.3, 0.4) is 0 Å². The number of carbonyl (C=O) groups is 2. The molecule has 0 aromatic heterocycles. The SMILES string of the molecule is Cc1ccc(OCCC(=O)N2CC(O)CC2C(=O)O)cc1. The fraction of sp³-hybridized carbons (Fsp3) is 0.467. The first-order valence-corrected chi connectivity index (χ1v) is 6.87. The summed E-state index contributed by atoms with van der Waals surface area (Å²) in [5.41, 5.74) is 1.12. The van der Waals surface area contributed by atoms with Gasteiger partial charge in [-0.3, -0.25) is 4.79 Å². The third kappa shape index (κ3) is 3.95. The molecule has 2 unspecified atom stereocenters. The van der Waals surface area contributed by atoms with Gasteiger partial charge in [0.25, 0.3) is 0 Å². The second-order valence-corrected chi connectivity index (χ2v) is 5.20. The number of carboxylic acid groups (broad SMARTS) is 1. The number of ether oxygens (including phenoxy) is 1. The van der Waals surface area contributed by atoms with Crippen LogP contribution in [0.25, 0.3) is 0 Å². The Bertz CT molecular complexity index is 513. The average molecular weight is 293 g/mol. The highest BCUT2D eigenvalue weighted by Gasteiger charge is 2.38. The van der Waals surface area contributed by atoms with Gasteiger partial charge in [0.2, 0.25) is 5.91 Å². The van der Waals surface area contributed by atoms with E-state index in [0.717, 1.165) is 5.56 Å². The lowest BCUT2D eigenvalue weighted by Gasteiger charge is -2.21. The first kappa shape index (κ1) is 15.3. The van der Waals surface area contributed by atoms with Crippen LogP contribution < -0.4 is 4.74 Å². The van der Waals surface area contributed by atoms with Gasteiger partial charge in [0.1, 0.15) is 11.8 Å². The Kier molecular flexibility index (Phi) is 4.80. The Morgan fingerprint density at radius 2 is 2.00 bits per heavy atom. The van der Waals surface area contributed by atoms with Gasteiger partial charge in [0.15, 0.2) is 0 Å². The van der Waals surface area contributed by atoms with E-state index in [-0.39, 0.29) is 31.9 Å². The lowest BCUT2D eigenvalue weighted by atomic mass is 10.2. The Morgan fingerprint density at radius 1 is 1.33 bits per heavy atom. The molecule has 1 aromatic carbocycles. The molecule has 0 aliphatic carbocycles. The van der Waals surface area contributed by atoms with Crippen LogP contribution in [0.5, 0.6) is 5.75 Å². The van der Waals surface area contributed by atoms with E-state index in [1.807, 2.05) is 31.2 Å². The standard InChI is InChI=1S/C15H19NO5/c1-10-2-4-12(5-3-10)21-7-6-14(18)16-9-11(17)8-13(16)15(19)20/h2-5,11,13,17H,6-9H2,1H3,(H,19,20). The van der Waals surface area contributed by atoms with Gasteiger partial charge in [0, 0.05) is 13.0 Å². The van der Waals surface area contributed by atoms with E-state index in [1.54, 1.807) is 0 Å². The molecule has 1 saturated heterocycles. The highest BCUT2D eigenvalue weighted by Crippen LogP contribution is 2.19. The van der Waals surface area contributed by atoms with Crippen LogP contribution in [0.4, 0.5) is 0 Å². The maximum atomic E-state index is 12.0. The summed E-state index contributed by atoms with van der Waals surface area (Å²) in [6.45, 7) is 2.22. The normalized spacial score (nSPS) is 21.3. The first-order valence-electron chi connectivity index (χ1n) is 6.87. The van der Waals surface area contributed by atoms with Crippen molar-refractivity contribution in [1.29, 1.82) is 0 Å². The van der Waals surface area contributed by atoms with Crippen molar-refractivity contribution in [2.45, 2.75) is 31.9 Å². The van der Waals surface area contributed by atoms with Gasteiger partial charge < -0.3 is 19.8 Å². The van der Waals surface area contributed by atoms with Gasteiger partial charge in [-0.25, -0.2) is 4.79 Å².